The van der Waals surface area contributed by atoms with Crippen LogP contribution in [0.2, 0.25) is 0 Å². The molecule has 6 heteroatoms. The molecule has 3 fully saturated rings. The molecular formula is C18H21N3O3. The van der Waals surface area contributed by atoms with Gasteiger partial charge in [0.25, 0.3) is 0 Å². The van der Waals surface area contributed by atoms with E-state index in [1.165, 1.54) is 26.4 Å². The van der Waals surface area contributed by atoms with Crippen molar-refractivity contribution < 1.29 is 14.1 Å². The van der Waals surface area contributed by atoms with Gasteiger partial charge in [-0.05, 0) is 56.1 Å². The highest BCUT2D eigenvalue weighted by Gasteiger charge is 2.50. The van der Waals surface area contributed by atoms with E-state index in [0.29, 0.717) is 22.5 Å². The van der Waals surface area contributed by atoms with E-state index in [2.05, 4.69) is 22.0 Å². The topological polar surface area (TPSA) is 78.1 Å². The molecule has 0 amide bonds. The van der Waals surface area contributed by atoms with E-state index in [-0.39, 0.29) is 5.41 Å². The summed E-state index contributed by atoms with van der Waals surface area (Å²) in [7, 11) is 1.36. The number of hydrogen-bond donors (Lipinski definition) is 0. The van der Waals surface area contributed by atoms with Gasteiger partial charge in [0.15, 0.2) is 0 Å². The minimum Gasteiger partial charge on any atom is -0.465 e. The van der Waals surface area contributed by atoms with E-state index >= 15 is 0 Å². The SMILES string of the molecule is COC(=O)c1ccnc(-c2noc(C34CCC(C)(CC3)CC4)n2)c1. The first-order valence-corrected chi connectivity index (χ1v) is 8.43. The van der Waals surface area contributed by atoms with Gasteiger partial charge in [-0.3, -0.25) is 4.98 Å². The average molecular weight is 327 g/mol. The number of methoxy groups -OCH3 is 1. The van der Waals surface area contributed by atoms with Gasteiger partial charge in [-0.15, -0.1) is 0 Å². The molecule has 6 nitrogen and oxygen atoms in total. The molecule has 0 aromatic carbocycles. The van der Waals surface area contributed by atoms with Crippen molar-refractivity contribution >= 4 is 5.97 Å². The summed E-state index contributed by atoms with van der Waals surface area (Å²) < 4.78 is 10.4. The van der Waals surface area contributed by atoms with Crippen molar-refractivity contribution in [1.29, 1.82) is 0 Å². The summed E-state index contributed by atoms with van der Waals surface area (Å²) in [4.78, 5) is 20.6. The highest BCUT2D eigenvalue weighted by Crippen LogP contribution is 2.57. The molecule has 0 radical (unpaired) electrons. The molecule has 2 heterocycles. The van der Waals surface area contributed by atoms with E-state index < -0.39 is 5.97 Å². The van der Waals surface area contributed by atoms with Crippen LogP contribution in [-0.4, -0.2) is 28.2 Å². The summed E-state index contributed by atoms with van der Waals surface area (Å²) in [5, 5.41) is 4.11. The fourth-order valence-electron chi connectivity index (χ4n) is 4.03. The Bertz CT molecular complexity index is 759. The summed E-state index contributed by atoms with van der Waals surface area (Å²) in [6.45, 7) is 2.39. The lowest BCUT2D eigenvalue weighted by Crippen LogP contribution is -2.42. The van der Waals surface area contributed by atoms with Gasteiger partial charge in [-0.2, -0.15) is 4.98 Å². The van der Waals surface area contributed by atoms with Crippen LogP contribution in [0.4, 0.5) is 0 Å². The minimum atomic E-state index is -0.403. The molecule has 2 aromatic heterocycles. The Morgan fingerprint density at radius 2 is 1.92 bits per heavy atom. The Morgan fingerprint density at radius 3 is 2.58 bits per heavy atom. The Hall–Kier alpha value is -2.24. The molecule has 0 unspecified atom stereocenters. The Labute approximate surface area is 140 Å². The van der Waals surface area contributed by atoms with E-state index in [1.54, 1.807) is 18.3 Å². The van der Waals surface area contributed by atoms with Gasteiger partial charge < -0.3 is 9.26 Å². The number of carbonyl (C=O) groups excluding carboxylic acids is 1. The molecule has 3 saturated carbocycles. The van der Waals surface area contributed by atoms with E-state index in [9.17, 15) is 4.79 Å². The first kappa shape index (κ1) is 15.3. The third kappa shape index (κ3) is 2.41. The summed E-state index contributed by atoms with van der Waals surface area (Å²) in [6.07, 6.45) is 8.56. The van der Waals surface area contributed by atoms with Gasteiger partial charge in [-0.25, -0.2) is 4.79 Å². The van der Waals surface area contributed by atoms with Gasteiger partial charge in [0.1, 0.15) is 5.69 Å². The second kappa shape index (κ2) is 5.40. The molecule has 0 spiro atoms. The lowest BCUT2D eigenvalue weighted by molar-refractivity contribution is 0.0364. The third-order valence-electron chi connectivity index (χ3n) is 5.91. The van der Waals surface area contributed by atoms with Crippen LogP contribution in [0.1, 0.15) is 61.7 Å². The summed E-state index contributed by atoms with van der Waals surface area (Å²) in [5.41, 5.74) is 1.49. The van der Waals surface area contributed by atoms with Crippen LogP contribution in [0, 0.1) is 5.41 Å². The maximum Gasteiger partial charge on any atom is 0.337 e. The number of rotatable bonds is 3. The maximum absolute atomic E-state index is 11.7. The maximum atomic E-state index is 11.7. The highest BCUT2D eigenvalue weighted by atomic mass is 16.5. The lowest BCUT2D eigenvalue weighted by Gasteiger charge is -2.50. The van der Waals surface area contributed by atoms with Crippen molar-refractivity contribution in [2.24, 2.45) is 5.41 Å². The van der Waals surface area contributed by atoms with Crippen LogP contribution in [0.5, 0.6) is 0 Å². The Kier molecular flexibility index (Phi) is 3.44. The van der Waals surface area contributed by atoms with Gasteiger partial charge >= 0.3 is 5.97 Å². The van der Waals surface area contributed by atoms with Crippen molar-refractivity contribution in [2.75, 3.05) is 7.11 Å². The van der Waals surface area contributed by atoms with Crippen LogP contribution in [-0.2, 0) is 10.2 Å². The number of pyridine rings is 1. The first-order valence-electron chi connectivity index (χ1n) is 8.43. The Morgan fingerprint density at radius 1 is 1.21 bits per heavy atom. The number of aromatic nitrogens is 3. The molecular weight excluding hydrogens is 306 g/mol. The van der Waals surface area contributed by atoms with E-state index in [1.807, 2.05) is 0 Å². The summed E-state index contributed by atoms with van der Waals surface area (Å²) in [6, 6.07) is 3.25. The predicted molar refractivity (Wildman–Crippen MR) is 86.4 cm³/mol. The third-order valence-corrected chi connectivity index (χ3v) is 5.91. The molecule has 2 aromatic rings. The fraction of sp³-hybridized carbons (Fsp3) is 0.556. The van der Waals surface area contributed by atoms with Crippen molar-refractivity contribution in [3.05, 3.63) is 29.8 Å². The monoisotopic (exact) mass is 327 g/mol. The minimum absolute atomic E-state index is 0.0307. The lowest BCUT2D eigenvalue weighted by atomic mass is 9.54. The van der Waals surface area contributed by atoms with Crippen molar-refractivity contribution in [1.82, 2.24) is 15.1 Å². The van der Waals surface area contributed by atoms with Crippen molar-refractivity contribution in [3.8, 4) is 11.5 Å². The van der Waals surface area contributed by atoms with Crippen molar-refractivity contribution in [3.63, 3.8) is 0 Å². The second-order valence-electron chi connectivity index (χ2n) is 7.44. The van der Waals surface area contributed by atoms with Crippen LogP contribution in [0.15, 0.2) is 22.9 Å². The van der Waals surface area contributed by atoms with Crippen LogP contribution < -0.4 is 0 Å². The number of hydrogen-bond acceptors (Lipinski definition) is 6. The number of ether oxygens (including phenoxy) is 1. The zero-order valence-corrected chi connectivity index (χ0v) is 14.0. The number of fused-ring (bicyclic) bond motifs is 3. The summed E-state index contributed by atoms with van der Waals surface area (Å²) >= 11 is 0. The molecule has 126 valence electrons. The molecule has 0 saturated heterocycles. The van der Waals surface area contributed by atoms with E-state index in [4.69, 9.17) is 9.26 Å². The van der Waals surface area contributed by atoms with Gasteiger partial charge in [0.2, 0.25) is 11.7 Å². The molecule has 0 N–H and O–H groups in total. The normalized spacial score (nSPS) is 28.8. The predicted octanol–water partition coefficient (Wildman–Crippen LogP) is 3.53. The molecule has 2 bridgehead atoms. The molecule has 0 atom stereocenters. The molecule has 0 aliphatic heterocycles. The molecule has 3 aliphatic carbocycles. The van der Waals surface area contributed by atoms with Crippen LogP contribution in [0.3, 0.4) is 0 Å². The number of carbonyl (C=O) groups is 1. The molecule has 5 rings (SSSR count). The van der Waals surface area contributed by atoms with Crippen LogP contribution in [0.25, 0.3) is 11.5 Å². The van der Waals surface area contributed by atoms with Gasteiger partial charge in [-0.1, -0.05) is 12.1 Å². The fourth-order valence-corrected chi connectivity index (χ4v) is 4.03. The van der Waals surface area contributed by atoms with Gasteiger partial charge in [0, 0.05) is 11.6 Å². The largest absolute Gasteiger partial charge is 0.465 e. The first-order chi connectivity index (χ1) is 11.5. The number of nitrogens with zero attached hydrogens (tertiary/aromatic N) is 3. The smallest absolute Gasteiger partial charge is 0.337 e. The average Bonchev–Trinajstić information content (AvgIpc) is 3.13. The second-order valence-corrected chi connectivity index (χ2v) is 7.44. The van der Waals surface area contributed by atoms with Crippen molar-refractivity contribution in [2.45, 2.75) is 50.9 Å². The zero-order valence-electron chi connectivity index (χ0n) is 14.0. The van der Waals surface area contributed by atoms with Crippen LogP contribution >= 0.6 is 0 Å². The highest BCUT2D eigenvalue weighted by molar-refractivity contribution is 5.90. The molecule has 3 aliphatic rings. The zero-order chi connectivity index (χ0) is 16.8. The molecule has 24 heavy (non-hydrogen) atoms. The summed E-state index contributed by atoms with van der Waals surface area (Å²) in [5.74, 6) is 0.758. The van der Waals surface area contributed by atoms with E-state index in [0.717, 1.165) is 25.2 Å². The Balaban J connectivity index is 1.63. The standard InChI is InChI=1S/C18H21N3O3/c1-17-4-7-18(8-5-17,9-6-17)16-20-14(21-24-16)13-11-12(3-10-19-13)15(22)23-2/h3,10-11H,4-9H2,1-2H3. The van der Waals surface area contributed by atoms with Gasteiger partial charge in [0.05, 0.1) is 12.7 Å². The number of esters is 1. The quantitative estimate of drug-likeness (QED) is 0.803.